The van der Waals surface area contributed by atoms with Crippen LogP contribution in [0.3, 0.4) is 0 Å². The van der Waals surface area contributed by atoms with Gasteiger partial charge in [0.25, 0.3) is 0 Å². The standard InChI is InChI=1S/C22H32N4O4S/c1-16-18(12-23-24-16)21(27)25-10-8-22(9-11-25)14-26(13-17-6-7-17)31(28,29)20-5-3-2-4-19(20)30-15-22/h2-5,16-18,23-24H,6-15H2,1H3. The molecule has 8 nitrogen and oxygen atoms in total. The molecule has 0 bridgehead atoms. The Morgan fingerprint density at radius 3 is 2.65 bits per heavy atom. The highest BCUT2D eigenvalue weighted by Gasteiger charge is 2.45. The molecule has 1 aromatic rings. The van der Waals surface area contributed by atoms with E-state index in [0.29, 0.717) is 51.0 Å². The van der Waals surface area contributed by atoms with E-state index in [1.54, 1.807) is 22.5 Å². The molecule has 3 aliphatic heterocycles. The van der Waals surface area contributed by atoms with E-state index in [4.69, 9.17) is 4.74 Å². The van der Waals surface area contributed by atoms with Gasteiger partial charge in [-0.15, -0.1) is 0 Å². The van der Waals surface area contributed by atoms with E-state index in [1.165, 1.54) is 0 Å². The SMILES string of the molecule is CC1NNCC1C(=O)N1CCC2(CC1)COc1ccccc1S(=O)(=O)N(CC1CC1)C2. The molecule has 4 aliphatic rings. The predicted octanol–water partition coefficient (Wildman–Crippen LogP) is 1.20. The highest BCUT2D eigenvalue weighted by molar-refractivity contribution is 7.89. The largest absolute Gasteiger partial charge is 0.492 e. The van der Waals surface area contributed by atoms with Gasteiger partial charge in [-0.2, -0.15) is 4.31 Å². The smallest absolute Gasteiger partial charge is 0.246 e. The maximum atomic E-state index is 13.5. The number of fused-ring (bicyclic) bond motifs is 1. The van der Waals surface area contributed by atoms with Crippen molar-refractivity contribution in [3.8, 4) is 5.75 Å². The normalized spacial score (nSPS) is 30.3. The zero-order chi connectivity index (χ0) is 21.6. The molecule has 1 saturated carbocycles. The van der Waals surface area contributed by atoms with Crippen molar-refractivity contribution in [3.05, 3.63) is 24.3 Å². The molecule has 2 atom stereocenters. The zero-order valence-corrected chi connectivity index (χ0v) is 18.9. The number of sulfonamides is 1. The molecular weight excluding hydrogens is 416 g/mol. The van der Waals surface area contributed by atoms with E-state index < -0.39 is 10.0 Å². The van der Waals surface area contributed by atoms with Crippen LogP contribution in [-0.4, -0.2) is 68.9 Å². The van der Waals surface area contributed by atoms with E-state index in [9.17, 15) is 13.2 Å². The van der Waals surface area contributed by atoms with Crippen LogP contribution in [0.2, 0.25) is 0 Å². The van der Waals surface area contributed by atoms with Gasteiger partial charge in [0.15, 0.2) is 0 Å². The minimum absolute atomic E-state index is 0.0544. The van der Waals surface area contributed by atoms with Crippen molar-refractivity contribution in [2.24, 2.45) is 17.3 Å². The lowest BCUT2D eigenvalue weighted by molar-refractivity contribution is -0.138. The molecule has 2 unspecified atom stereocenters. The molecule has 2 N–H and O–H groups in total. The van der Waals surface area contributed by atoms with Crippen LogP contribution in [0.15, 0.2) is 29.2 Å². The summed E-state index contributed by atoms with van der Waals surface area (Å²) in [4.78, 5) is 15.2. The number of hydrogen-bond acceptors (Lipinski definition) is 6. The fourth-order valence-electron chi connectivity index (χ4n) is 5.06. The number of ether oxygens (including phenoxy) is 1. The number of para-hydroxylation sites is 1. The summed E-state index contributed by atoms with van der Waals surface area (Å²) in [6, 6.07) is 7.09. The third-order valence-electron chi connectivity index (χ3n) is 7.38. The maximum absolute atomic E-state index is 13.5. The number of piperidine rings is 1. The summed E-state index contributed by atoms with van der Waals surface area (Å²) in [6.45, 7) is 5.48. The second kappa shape index (κ2) is 8.03. The maximum Gasteiger partial charge on any atom is 0.246 e. The number of nitrogens with one attached hydrogen (secondary N) is 2. The Balaban J connectivity index is 1.37. The first-order chi connectivity index (χ1) is 14.9. The monoisotopic (exact) mass is 448 g/mol. The minimum Gasteiger partial charge on any atom is -0.492 e. The summed E-state index contributed by atoms with van der Waals surface area (Å²) in [6.07, 6.45) is 3.70. The van der Waals surface area contributed by atoms with Crippen molar-refractivity contribution < 1.29 is 17.9 Å². The molecule has 0 aromatic heterocycles. The van der Waals surface area contributed by atoms with Gasteiger partial charge in [-0.05, 0) is 50.7 Å². The molecule has 9 heteroatoms. The molecular formula is C22H32N4O4S. The number of rotatable bonds is 3. The van der Waals surface area contributed by atoms with Crippen LogP contribution in [0.4, 0.5) is 0 Å². The number of hydrogen-bond donors (Lipinski definition) is 2. The highest BCUT2D eigenvalue weighted by Crippen LogP contribution is 2.41. The predicted molar refractivity (Wildman–Crippen MR) is 116 cm³/mol. The summed E-state index contributed by atoms with van der Waals surface area (Å²) in [5, 5.41) is 0. The second-order valence-corrected chi connectivity index (χ2v) is 11.6. The Bertz CT molecular complexity index is 941. The Kier molecular flexibility index (Phi) is 5.48. The molecule has 3 heterocycles. The first-order valence-electron chi connectivity index (χ1n) is 11.4. The zero-order valence-electron chi connectivity index (χ0n) is 18.0. The fourth-order valence-corrected chi connectivity index (χ4v) is 6.82. The number of carbonyl (C=O) groups excluding carboxylic acids is 1. The molecule has 1 spiro atoms. The van der Waals surface area contributed by atoms with Crippen molar-refractivity contribution in [2.45, 2.75) is 43.5 Å². The average Bonchev–Trinajstić information content (AvgIpc) is 3.49. The fraction of sp³-hybridized carbons (Fsp3) is 0.682. The van der Waals surface area contributed by atoms with Gasteiger partial charge in [0.05, 0.1) is 12.5 Å². The summed E-state index contributed by atoms with van der Waals surface area (Å²) in [5.41, 5.74) is 5.92. The first-order valence-corrected chi connectivity index (χ1v) is 12.8. The van der Waals surface area contributed by atoms with Crippen molar-refractivity contribution >= 4 is 15.9 Å². The lowest BCUT2D eigenvalue weighted by atomic mass is 9.78. The highest BCUT2D eigenvalue weighted by atomic mass is 32.2. The van der Waals surface area contributed by atoms with Gasteiger partial charge in [0.2, 0.25) is 15.9 Å². The third kappa shape index (κ3) is 4.08. The molecule has 5 rings (SSSR count). The van der Waals surface area contributed by atoms with Gasteiger partial charge in [-0.25, -0.2) is 8.42 Å². The van der Waals surface area contributed by atoms with Crippen LogP contribution in [0.5, 0.6) is 5.75 Å². The lowest BCUT2D eigenvalue weighted by Gasteiger charge is -2.45. The molecule has 0 radical (unpaired) electrons. The number of likely N-dealkylation sites (tertiary alicyclic amines) is 1. The van der Waals surface area contributed by atoms with Gasteiger partial charge in [0.1, 0.15) is 10.6 Å². The van der Waals surface area contributed by atoms with Gasteiger partial charge in [-0.1, -0.05) is 12.1 Å². The van der Waals surface area contributed by atoms with E-state index in [2.05, 4.69) is 10.9 Å². The van der Waals surface area contributed by atoms with Crippen molar-refractivity contribution in [3.63, 3.8) is 0 Å². The molecule has 31 heavy (non-hydrogen) atoms. The third-order valence-corrected chi connectivity index (χ3v) is 9.23. The Morgan fingerprint density at radius 2 is 1.97 bits per heavy atom. The topological polar surface area (TPSA) is 91.0 Å². The number of benzene rings is 1. The van der Waals surface area contributed by atoms with Gasteiger partial charge in [-0.3, -0.25) is 15.6 Å². The summed E-state index contributed by atoms with van der Waals surface area (Å²) in [5.74, 6) is 1.03. The molecule has 2 saturated heterocycles. The van der Waals surface area contributed by atoms with E-state index >= 15 is 0 Å². The van der Waals surface area contributed by atoms with Crippen LogP contribution < -0.4 is 15.6 Å². The van der Waals surface area contributed by atoms with Crippen molar-refractivity contribution in [2.75, 3.05) is 39.3 Å². The van der Waals surface area contributed by atoms with Crippen molar-refractivity contribution in [1.82, 2.24) is 20.1 Å². The Morgan fingerprint density at radius 1 is 1.23 bits per heavy atom. The Labute approximate surface area is 184 Å². The van der Waals surface area contributed by atoms with Gasteiger partial charge in [0, 0.05) is 44.2 Å². The van der Waals surface area contributed by atoms with Gasteiger partial charge >= 0.3 is 0 Å². The quantitative estimate of drug-likeness (QED) is 0.722. The molecule has 170 valence electrons. The van der Waals surface area contributed by atoms with E-state index in [0.717, 1.165) is 25.7 Å². The molecule has 1 amide bonds. The van der Waals surface area contributed by atoms with Crippen LogP contribution in [0.25, 0.3) is 0 Å². The van der Waals surface area contributed by atoms with Crippen LogP contribution >= 0.6 is 0 Å². The first kappa shape index (κ1) is 21.2. The van der Waals surface area contributed by atoms with Crippen LogP contribution in [0.1, 0.15) is 32.6 Å². The summed E-state index contributed by atoms with van der Waals surface area (Å²) < 4.78 is 34.8. The van der Waals surface area contributed by atoms with Crippen LogP contribution in [0, 0.1) is 17.3 Å². The van der Waals surface area contributed by atoms with Crippen LogP contribution in [-0.2, 0) is 14.8 Å². The van der Waals surface area contributed by atoms with Gasteiger partial charge < -0.3 is 9.64 Å². The second-order valence-electron chi connectivity index (χ2n) is 9.72. The Hall–Kier alpha value is -1.68. The molecule has 3 fully saturated rings. The minimum atomic E-state index is -3.61. The number of nitrogens with zero attached hydrogens (tertiary/aromatic N) is 2. The number of amides is 1. The average molecular weight is 449 g/mol. The molecule has 1 aromatic carbocycles. The molecule has 1 aliphatic carbocycles. The summed E-state index contributed by atoms with van der Waals surface area (Å²) in [7, 11) is -3.61. The number of carbonyl (C=O) groups is 1. The number of hydrazine groups is 1. The summed E-state index contributed by atoms with van der Waals surface area (Å²) >= 11 is 0. The van der Waals surface area contributed by atoms with E-state index in [-0.39, 0.29) is 28.2 Å². The van der Waals surface area contributed by atoms with E-state index in [1.807, 2.05) is 17.9 Å². The van der Waals surface area contributed by atoms with Crippen molar-refractivity contribution in [1.29, 1.82) is 0 Å². The lowest BCUT2D eigenvalue weighted by Crippen LogP contribution is -2.54.